The van der Waals surface area contributed by atoms with Crippen molar-refractivity contribution in [2.75, 3.05) is 5.90 Å². The predicted molar refractivity (Wildman–Crippen MR) is 160 cm³/mol. The van der Waals surface area contributed by atoms with E-state index in [1.54, 1.807) is 0 Å². The number of hydrogen-bond donors (Lipinski definition) is 0. The Labute approximate surface area is 221 Å². The molecule has 0 saturated carbocycles. The maximum atomic E-state index is 15.4. The molecule has 0 radical (unpaired) electrons. The summed E-state index contributed by atoms with van der Waals surface area (Å²) in [6.07, 6.45) is 0. The zero-order chi connectivity index (χ0) is 24.8. The summed E-state index contributed by atoms with van der Waals surface area (Å²) in [4.78, 5) is 0. The van der Waals surface area contributed by atoms with Gasteiger partial charge in [-0.25, -0.2) is 0 Å². The van der Waals surface area contributed by atoms with E-state index in [2.05, 4.69) is 64.5 Å². The fourth-order valence-corrected chi connectivity index (χ4v) is 13.9. The van der Waals surface area contributed by atoms with Crippen LogP contribution in [0.1, 0.15) is 0 Å². The van der Waals surface area contributed by atoms with Gasteiger partial charge in [-0.1, -0.05) is 137 Å². The summed E-state index contributed by atoms with van der Waals surface area (Å²) in [5.41, 5.74) is 0.881. The first-order valence-corrected chi connectivity index (χ1v) is 16.4. The second-order valence-electron chi connectivity index (χ2n) is 8.57. The molecule has 0 N–H and O–H groups in total. The van der Waals surface area contributed by atoms with Gasteiger partial charge in [-0.15, -0.1) is 0 Å². The molecule has 0 aliphatic rings. The molecule has 0 atom stereocenters. The molecular formula is C31H26BrNOP2. The summed E-state index contributed by atoms with van der Waals surface area (Å²) in [5.74, 6) is 0.429. The van der Waals surface area contributed by atoms with Crippen LogP contribution in [-0.4, -0.2) is 5.90 Å². The Morgan fingerprint density at radius 3 is 1.25 bits per heavy atom. The Bertz CT molecular complexity index is 1440. The zero-order valence-corrected chi connectivity index (χ0v) is 23.1. The molecule has 0 heterocycles. The SMILES string of the molecule is O=P(CP(=Nc1ccc(Br)cc1)(c1ccccc1)c1ccccc1)(c1ccccc1)c1ccccc1. The van der Waals surface area contributed by atoms with Crippen molar-refractivity contribution in [1.82, 2.24) is 0 Å². The molecule has 5 aromatic carbocycles. The van der Waals surface area contributed by atoms with Gasteiger partial charge >= 0.3 is 0 Å². The van der Waals surface area contributed by atoms with Crippen LogP contribution < -0.4 is 21.2 Å². The van der Waals surface area contributed by atoms with Crippen molar-refractivity contribution < 1.29 is 4.57 Å². The molecule has 0 amide bonds. The largest absolute Gasteiger partial charge is 0.313 e. The quantitative estimate of drug-likeness (QED) is 0.183. The summed E-state index contributed by atoms with van der Waals surface area (Å²) >= 11 is 3.55. The van der Waals surface area contributed by atoms with E-state index in [1.807, 2.05) is 97.1 Å². The Hall–Kier alpha value is -2.96. The molecule has 0 spiro atoms. The molecule has 0 saturated heterocycles. The van der Waals surface area contributed by atoms with Crippen LogP contribution in [0.5, 0.6) is 0 Å². The van der Waals surface area contributed by atoms with Crippen molar-refractivity contribution in [3.63, 3.8) is 0 Å². The van der Waals surface area contributed by atoms with Gasteiger partial charge in [0, 0.05) is 22.1 Å². The molecule has 0 aliphatic carbocycles. The highest BCUT2D eigenvalue weighted by Crippen LogP contribution is 2.62. The lowest BCUT2D eigenvalue weighted by molar-refractivity contribution is 0.589. The van der Waals surface area contributed by atoms with E-state index < -0.39 is 14.2 Å². The lowest BCUT2D eigenvalue weighted by Gasteiger charge is -2.31. The normalized spacial score (nSPS) is 11.7. The molecule has 2 nitrogen and oxygen atoms in total. The van der Waals surface area contributed by atoms with Crippen LogP contribution >= 0.6 is 30.1 Å². The second-order valence-corrected chi connectivity index (χ2v) is 15.9. The van der Waals surface area contributed by atoms with E-state index in [0.29, 0.717) is 5.90 Å². The fourth-order valence-electron chi connectivity index (χ4n) is 4.45. The number of halogens is 1. The third kappa shape index (κ3) is 5.11. The lowest BCUT2D eigenvalue weighted by Crippen LogP contribution is -2.25. The van der Waals surface area contributed by atoms with Crippen LogP contribution in [0.15, 0.2) is 155 Å². The Balaban J connectivity index is 1.85. The van der Waals surface area contributed by atoms with Crippen LogP contribution in [0.4, 0.5) is 5.69 Å². The first-order valence-electron chi connectivity index (χ1n) is 11.8. The fraction of sp³-hybridized carbons (Fsp3) is 0.0323. The van der Waals surface area contributed by atoms with Crippen LogP contribution in [0.2, 0.25) is 0 Å². The number of nitrogens with zero attached hydrogens (tertiary/aromatic N) is 1. The third-order valence-corrected chi connectivity index (χ3v) is 15.1. The summed E-state index contributed by atoms with van der Waals surface area (Å²) in [5, 5.41) is 3.95. The predicted octanol–water partition coefficient (Wildman–Crippen LogP) is 7.90. The highest BCUT2D eigenvalue weighted by Gasteiger charge is 2.37. The van der Waals surface area contributed by atoms with E-state index in [4.69, 9.17) is 4.74 Å². The van der Waals surface area contributed by atoms with Crippen LogP contribution in [0, 0.1) is 0 Å². The van der Waals surface area contributed by atoms with Crippen molar-refractivity contribution in [1.29, 1.82) is 0 Å². The third-order valence-electron chi connectivity index (χ3n) is 6.23. The van der Waals surface area contributed by atoms with Gasteiger partial charge in [-0.05, 0) is 34.9 Å². The van der Waals surface area contributed by atoms with Gasteiger partial charge in [0.2, 0.25) is 0 Å². The Morgan fingerprint density at radius 1 is 0.500 bits per heavy atom. The molecule has 0 aromatic heterocycles. The minimum absolute atomic E-state index is 0.429. The highest BCUT2D eigenvalue weighted by atomic mass is 79.9. The molecule has 5 rings (SSSR count). The number of hydrogen-bond acceptors (Lipinski definition) is 2. The van der Waals surface area contributed by atoms with E-state index in [1.165, 1.54) is 0 Å². The monoisotopic (exact) mass is 569 g/mol. The summed E-state index contributed by atoms with van der Waals surface area (Å²) in [6, 6.07) is 48.8. The standard InChI is InChI=1S/C31H26BrNOP2/c32-26-21-23-27(24-22-26)33-35(28-13-5-1-6-14-28,29-15-7-2-8-16-29)25-36(34,30-17-9-3-10-18-30)31-19-11-4-12-20-31/h1-24H,25H2. The van der Waals surface area contributed by atoms with Crippen LogP contribution in [-0.2, 0) is 4.57 Å². The highest BCUT2D eigenvalue weighted by molar-refractivity contribution is 9.10. The van der Waals surface area contributed by atoms with Crippen LogP contribution in [0.25, 0.3) is 0 Å². The first-order chi connectivity index (χ1) is 17.6. The maximum absolute atomic E-state index is 15.4. The van der Waals surface area contributed by atoms with E-state index in [0.717, 1.165) is 31.4 Å². The number of benzene rings is 5. The Kier molecular flexibility index (Phi) is 7.54. The summed E-state index contributed by atoms with van der Waals surface area (Å²) in [7, 11) is -5.62. The Morgan fingerprint density at radius 2 is 0.861 bits per heavy atom. The van der Waals surface area contributed by atoms with Gasteiger partial charge < -0.3 is 4.57 Å². The van der Waals surface area contributed by atoms with Gasteiger partial charge in [0.25, 0.3) is 0 Å². The lowest BCUT2D eigenvalue weighted by atomic mass is 10.3. The zero-order valence-electron chi connectivity index (χ0n) is 19.7. The van der Waals surface area contributed by atoms with Gasteiger partial charge in [0.1, 0.15) is 7.14 Å². The smallest absolute Gasteiger partial charge is 0.149 e. The van der Waals surface area contributed by atoms with Gasteiger partial charge in [0.05, 0.1) is 11.6 Å². The van der Waals surface area contributed by atoms with Crippen molar-refractivity contribution in [2.45, 2.75) is 0 Å². The molecular weight excluding hydrogens is 544 g/mol. The molecule has 0 bridgehead atoms. The van der Waals surface area contributed by atoms with Crippen molar-refractivity contribution in [3.05, 3.63) is 150 Å². The van der Waals surface area contributed by atoms with Gasteiger partial charge in [0.15, 0.2) is 0 Å². The van der Waals surface area contributed by atoms with Crippen molar-refractivity contribution in [2.24, 2.45) is 4.74 Å². The molecule has 0 fully saturated rings. The topological polar surface area (TPSA) is 29.4 Å². The average molecular weight is 570 g/mol. The van der Waals surface area contributed by atoms with E-state index in [9.17, 15) is 0 Å². The van der Waals surface area contributed by atoms with Crippen LogP contribution in [0.3, 0.4) is 0 Å². The van der Waals surface area contributed by atoms with E-state index >= 15 is 4.57 Å². The number of rotatable bonds is 7. The minimum atomic E-state index is -3.08. The van der Waals surface area contributed by atoms with Crippen molar-refractivity contribution >= 4 is 57.0 Å². The van der Waals surface area contributed by atoms with E-state index in [-0.39, 0.29) is 0 Å². The maximum Gasteiger partial charge on any atom is 0.149 e. The molecule has 0 unspecified atom stereocenters. The molecule has 36 heavy (non-hydrogen) atoms. The summed E-state index contributed by atoms with van der Waals surface area (Å²) in [6.45, 7) is 0. The molecule has 0 aliphatic heterocycles. The second kappa shape index (κ2) is 11.0. The summed E-state index contributed by atoms with van der Waals surface area (Å²) < 4.78 is 21.9. The van der Waals surface area contributed by atoms with Crippen molar-refractivity contribution in [3.8, 4) is 0 Å². The molecule has 5 aromatic rings. The van der Waals surface area contributed by atoms with Gasteiger partial charge in [-0.2, -0.15) is 0 Å². The minimum Gasteiger partial charge on any atom is -0.313 e. The average Bonchev–Trinajstić information content (AvgIpc) is 2.96. The molecule has 178 valence electrons. The molecule has 5 heteroatoms. The van der Waals surface area contributed by atoms with Gasteiger partial charge in [-0.3, -0.25) is 4.74 Å². The first kappa shape index (κ1) is 24.7.